The Hall–Kier alpha value is -3.67. The van der Waals surface area contributed by atoms with Crippen LogP contribution in [0.25, 0.3) is 0 Å². The van der Waals surface area contributed by atoms with E-state index in [4.69, 9.17) is 9.47 Å². The summed E-state index contributed by atoms with van der Waals surface area (Å²) in [4.78, 5) is 15.2. The van der Waals surface area contributed by atoms with Crippen molar-refractivity contribution in [2.45, 2.75) is 13.1 Å². The maximum absolute atomic E-state index is 13.5. The molecule has 3 aromatic rings. The molecular formula is C23H22N2O4. The van der Waals surface area contributed by atoms with Crippen molar-refractivity contribution in [2.24, 2.45) is 0 Å². The minimum atomic E-state index is -0.506. The number of rotatable bonds is 5. The molecule has 0 spiro atoms. The van der Waals surface area contributed by atoms with E-state index in [-0.39, 0.29) is 11.7 Å². The number of para-hydroxylation sites is 3. The number of hydrogen-bond donors (Lipinski definition) is 2. The maximum Gasteiger partial charge on any atom is 0.262 e. The third kappa shape index (κ3) is 3.33. The molecule has 6 nitrogen and oxygen atoms in total. The summed E-state index contributed by atoms with van der Waals surface area (Å²) in [7, 11) is 1.58. The molecule has 6 heteroatoms. The first-order valence-electron chi connectivity index (χ1n) is 9.42. The smallest absolute Gasteiger partial charge is 0.262 e. The van der Waals surface area contributed by atoms with Crippen LogP contribution in [0.4, 0.5) is 11.4 Å². The van der Waals surface area contributed by atoms with Crippen LogP contribution < -0.4 is 19.7 Å². The fourth-order valence-corrected chi connectivity index (χ4v) is 3.54. The van der Waals surface area contributed by atoms with Crippen molar-refractivity contribution in [2.75, 3.05) is 23.9 Å². The lowest BCUT2D eigenvalue weighted by Gasteiger charge is -2.38. The largest absolute Gasteiger partial charge is 0.504 e. The van der Waals surface area contributed by atoms with Gasteiger partial charge in [0.25, 0.3) is 5.91 Å². The Bertz CT molecular complexity index is 1050. The average molecular weight is 390 g/mol. The first-order chi connectivity index (χ1) is 14.1. The minimum absolute atomic E-state index is 0.0574. The number of phenolic OH excluding ortho intramolecular Hbond substituents is 1. The van der Waals surface area contributed by atoms with Gasteiger partial charge >= 0.3 is 0 Å². The first kappa shape index (κ1) is 18.7. The molecule has 0 aromatic heterocycles. The zero-order valence-corrected chi connectivity index (χ0v) is 16.3. The van der Waals surface area contributed by atoms with Gasteiger partial charge in [0.15, 0.2) is 11.5 Å². The molecule has 4 rings (SSSR count). The molecule has 1 aliphatic rings. The number of benzene rings is 3. The Morgan fingerprint density at radius 3 is 2.59 bits per heavy atom. The van der Waals surface area contributed by atoms with Crippen molar-refractivity contribution in [3.05, 3.63) is 77.9 Å². The second kappa shape index (κ2) is 7.75. The number of carbonyl (C=O) groups excluding carboxylic acids is 1. The minimum Gasteiger partial charge on any atom is -0.504 e. The number of ether oxygens (including phenoxy) is 2. The number of methoxy groups -OCH3 is 1. The molecule has 0 saturated carbocycles. The van der Waals surface area contributed by atoms with Gasteiger partial charge in [-0.25, -0.2) is 0 Å². The standard InChI is InChI=1S/C23H22N2O4/c1-3-29-21-14-15(12-13-19(21)26)22-24-17-9-5-4-8-16(17)23(27)25(22)18-10-6-7-11-20(18)28-2/h4-14,22,24,26H,3H2,1-2H3/t22-/m0/s1. The summed E-state index contributed by atoms with van der Waals surface area (Å²) < 4.78 is 11.1. The van der Waals surface area contributed by atoms with Crippen molar-refractivity contribution in [1.29, 1.82) is 0 Å². The number of anilines is 2. The van der Waals surface area contributed by atoms with Gasteiger partial charge in [-0.15, -0.1) is 0 Å². The van der Waals surface area contributed by atoms with Gasteiger partial charge in [0.05, 0.1) is 25.0 Å². The van der Waals surface area contributed by atoms with Gasteiger partial charge in [0, 0.05) is 5.69 Å². The summed E-state index contributed by atoms with van der Waals surface area (Å²) in [6.07, 6.45) is -0.506. The predicted octanol–water partition coefficient (Wildman–Crippen LogP) is 4.57. The number of phenols is 1. The number of nitrogens with one attached hydrogen (secondary N) is 1. The Morgan fingerprint density at radius 1 is 1.03 bits per heavy atom. The highest BCUT2D eigenvalue weighted by molar-refractivity contribution is 6.12. The molecule has 29 heavy (non-hydrogen) atoms. The van der Waals surface area contributed by atoms with E-state index in [2.05, 4.69) is 5.32 Å². The van der Waals surface area contributed by atoms with Gasteiger partial charge in [-0.2, -0.15) is 0 Å². The number of carbonyl (C=O) groups is 1. The predicted molar refractivity (Wildman–Crippen MR) is 112 cm³/mol. The third-order valence-corrected chi connectivity index (χ3v) is 4.87. The second-order valence-electron chi connectivity index (χ2n) is 6.60. The Morgan fingerprint density at radius 2 is 1.79 bits per heavy atom. The highest BCUT2D eigenvalue weighted by Gasteiger charge is 2.35. The number of nitrogens with zero attached hydrogens (tertiary/aromatic N) is 1. The Balaban J connectivity index is 1.88. The maximum atomic E-state index is 13.5. The van der Waals surface area contributed by atoms with Crippen LogP contribution in [0.2, 0.25) is 0 Å². The van der Waals surface area contributed by atoms with Gasteiger partial charge < -0.3 is 19.9 Å². The highest BCUT2D eigenvalue weighted by Crippen LogP contribution is 2.41. The fourth-order valence-electron chi connectivity index (χ4n) is 3.54. The molecule has 148 valence electrons. The topological polar surface area (TPSA) is 71.0 Å². The lowest BCUT2D eigenvalue weighted by molar-refractivity contribution is 0.0974. The van der Waals surface area contributed by atoms with E-state index in [1.54, 1.807) is 36.3 Å². The lowest BCUT2D eigenvalue weighted by atomic mass is 10.0. The van der Waals surface area contributed by atoms with Gasteiger partial charge in [-0.1, -0.05) is 30.3 Å². The molecule has 1 amide bonds. The summed E-state index contributed by atoms with van der Waals surface area (Å²) in [6, 6.07) is 19.9. The SMILES string of the molecule is CCOc1cc([C@H]2Nc3ccccc3C(=O)N2c2ccccc2OC)ccc1O. The normalized spacial score (nSPS) is 15.4. The molecule has 1 aliphatic heterocycles. The molecule has 0 bridgehead atoms. The van der Waals surface area contributed by atoms with E-state index >= 15 is 0 Å². The van der Waals surface area contributed by atoms with Crippen LogP contribution in [0.5, 0.6) is 17.2 Å². The molecule has 0 saturated heterocycles. The van der Waals surface area contributed by atoms with Crippen molar-refractivity contribution in [3.63, 3.8) is 0 Å². The van der Waals surface area contributed by atoms with Crippen molar-refractivity contribution < 1.29 is 19.4 Å². The van der Waals surface area contributed by atoms with Gasteiger partial charge in [-0.3, -0.25) is 9.69 Å². The van der Waals surface area contributed by atoms with Crippen LogP contribution in [-0.2, 0) is 0 Å². The number of hydrogen-bond acceptors (Lipinski definition) is 5. The molecule has 0 radical (unpaired) electrons. The third-order valence-electron chi connectivity index (χ3n) is 4.87. The van der Waals surface area contributed by atoms with Crippen molar-refractivity contribution >= 4 is 17.3 Å². The van der Waals surface area contributed by atoms with E-state index in [0.29, 0.717) is 29.4 Å². The quantitative estimate of drug-likeness (QED) is 0.668. The Kier molecular flexibility index (Phi) is 4.99. The van der Waals surface area contributed by atoms with E-state index in [1.807, 2.05) is 49.4 Å². The molecule has 1 atom stereocenters. The average Bonchev–Trinajstić information content (AvgIpc) is 2.75. The fraction of sp³-hybridized carbons (Fsp3) is 0.174. The summed E-state index contributed by atoms with van der Waals surface area (Å²) in [5, 5.41) is 13.5. The summed E-state index contributed by atoms with van der Waals surface area (Å²) >= 11 is 0. The summed E-state index contributed by atoms with van der Waals surface area (Å²) in [5.74, 6) is 0.885. The van der Waals surface area contributed by atoms with E-state index in [9.17, 15) is 9.90 Å². The van der Waals surface area contributed by atoms with Gasteiger partial charge in [0.1, 0.15) is 11.9 Å². The number of fused-ring (bicyclic) bond motifs is 1. The number of aromatic hydroxyl groups is 1. The number of amides is 1. The van der Waals surface area contributed by atoms with E-state index in [0.717, 1.165) is 11.3 Å². The molecule has 0 unspecified atom stereocenters. The summed E-state index contributed by atoms with van der Waals surface area (Å²) in [6.45, 7) is 2.28. The van der Waals surface area contributed by atoms with Crippen LogP contribution in [0.3, 0.4) is 0 Å². The van der Waals surface area contributed by atoms with Crippen LogP contribution in [-0.4, -0.2) is 24.7 Å². The van der Waals surface area contributed by atoms with Gasteiger partial charge in [-0.05, 0) is 48.9 Å². The first-order valence-corrected chi connectivity index (χ1v) is 9.42. The second-order valence-corrected chi connectivity index (χ2v) is 6.60. The van der Waals surface area contributed by atoms with Crippen LogP contribution in [0.15, 0.2) is 66.7 Å². The molecule has 0 fully saturated rings. The summed E-state index contributed by atoms with van der Waals surface area (Å²) in [5.41, 5.74) is 2.76. The van der Waals surface area contributed by atoms with Crippen LogP contribution in [0, 0.1) is 0 Å². The molecular weight excluding hydrogens is 368 g/mol. The lowest BCUT2D eigenvalue weighted by Crippen LogP contribution is -2.43. The zero-order chi connectivity index (χ0) is 20.4. The van der Waals surface area contributed by atoms with Crippen molar-refractivity contribution in [1.82, 2.24) is 0 Å². The van der Waals surface area contributed by atoms with Gasteiger partial charge in [0.2, 0.25) is 0 Å². The molecule has 2 N–H and O–H groups in total. The monoisotopic (exact) mass is 390 g/mol. The Labute approximate surface area is 169 Å². The van der Waals surface area contributed by atoms with Crippen molar-refractivity contribution in [3.8, 4) is 17.2 Å². The van der Waals surface area contributed by atoms with E-state index in [1.165, 1.54) is 0 Å². The molecule has 3 aromatic carbocycles. The van der Waals surface area contributed by atoms with E-state index < -0.39 is 6.17 Å². The highest BCUT2D eigenvalue weighted by atomic mass is 16.5. The molecule has 0 aliphatic carbocycles. The van der Waals surface area contributed by atoms with Crippen LogP contribution in [0.1, 0.15) is 29.0 Å². The zero-order valence-electron chi connectivity index (χ0n) is 16.3. The molecule has 1 heterocycles. The van der Waals surface area contributed by atoms with Crippen LogP contribution >= 0.6 is 0 Å².